The summed E-state index contributed by atoms with van der Waals surface area (Å²) in [5, 5.41) is 6.47. The molecule has 2 aliphatic heterocycles. The molecule has 5 rings (SSSR count). The molecule has 1 saturated heterocycles. The minimum Gasteiger partial charge on any atom is -0.339 e. The first-order chi connectivity index (χ1) is 15.1. The monoisotopic (exact) mass is 481 g/mol. The molecule has 2 aromatic rings. The van der Waals surface area contributed by atoms with E-state index in [4.69, 9.17) is 0 Å². The fourth-order valence-electron chi connectivity index (χ4n) is 5.10. The summed E-state index contributed by atoms with van der Waals surface area (Å²) in [6.07, 6.45) is 3.40. The van der Waals surface area contributed by atoms with Crippen molar-refractivity contribution in [3.63, 3.8) is 0 Å². The van der Waals surface area contributed by atoms with Crippen LogP contribution in [0.15, 0.2) is 53.0 Å². The van der Waals surface area contributed by atoms with Crippen molar-refractivity contribution in [1.29, 1.82) is 0 Å². The molecule has 0 unspecified atom stereocenters. The Morgan fingerprint density at radius 2 is 1.87 bits per heavy atom. The highest BCUT2D eigenvalue weighted by molar-refractivity contribution is 9.10. The van der Waals surface area contributed by atoms with E-state index in [9.17, 15) is 9.59 Å². The molecule has 2 fully saturated rings. The van der Waals surface area contributed by atoms with Crippen LogP contribution in [-0.4, -0.2) is 42.4 Å². The number of para-hydroxylation sites is 1. The quantitative estimate of drug-likeness (QED) is 0.656. The van der Waals surface area contributed by atoms with E-state index in [1.165, 1.54) is 5.56 Å². The number of halogens is 1. The Labute approximate surface area is 191 Å². The van der Waals surface area contributed by atoms with Crippen LogP contribution in [0.2, 0.25) is 0 Å². The molecule has 1 saturated carbocycles. The molecule has 5 nitrogen and oxygen atoms in total. The number of fused-ring (bicyclic) bond motifs is 1. The van der Waals surface area contributed by atoms with E-state index < -0.39 is 0 Å². The van der Waals surface area contributed by atoms with Crippen LogP contribution in [0.3, 0.4) is 0 Å². The van der Waals surface area contributed by atoms with E-state index in [2.05, 4.69) is 55.7 Å². The van der Waals surface area contributed by atoms with Crippen LogP contribution in [0, 0.1) is 11.8 Å². The molecule has 6 heteroatoms. The first kappa shape index (κ1) is 20.7. The molecule has 2 N–H and O–H groups in total. The van der Waals surface area contributed by atoms with Gasteiger partial charge in [0, 0.05) is 29.2 Å². The van der Waals surface area contributed by atoms with Crippen LogP contribution in [-0.2, 0) is 16.0 Å². The number of nitrogens with one attached hydrogen (secondary N) is 2. The van der Waals surface area contributed by atoms with Gasteiger partial charge < -0.3 is 15.5 Å². The molecule has 3 aliphatic rings. The normalized spacial score (nSPS) is 25.1. The zero-order chi connectivity index (χ0) is 21.4. The molecular formula is C25H28BrN3O2. The van der Waals surface area contributed by atoms with Gasteiger partial charge in [0.05, 0.1) is 5.92 Å². The van der Waals surface area contributed by atoms with Crippen molar-refractivity contribution in [3.8, 4) is 0 Å². The van der Waals surface area contributed by atoms with E-state index in [0.29, 0.717) is 17.9 Å². The Morgan fingerprint density at radius 3 is 2.68 bits per heavy atom. The third-order valence-electron chi connectivity index (χ3n) is 6.87. The summed E-state index contributed by atoms with van der Waals surface area (Å²) in [6, 6.07) is 16.6. The van der Waals surface area contributed by atoms with Crippen LogP contribution in [0.25, 0.3) is 0 Å². The maximum atomic E-state index is 13.7. The Morgan fingerprint density at radius 1 is 1.06 bits per heavy atom. The second-order valence-electron chi connectivity index (χ2n) is 9.13. The fourth-order valence-corrected chi connectivity index (χ4v) is 5.54. The van der Waals surface area contributed by atoms with Gasteiger partial charge >= 0.3 is 0 Å². The lowest BCUT2D eigenvalue weighted by Crippen LogP contribution is -2.43. The van der Waals surface area contributed by atoms with Gasteiger partial charge in [0.25, 0.3) is 0 Å². The second kappa shape index (κ2) is 8.75. The first-order valence-electron chi connectivity index (χ1n) is 11.2. The zero-order valence-corrected chi connectivity index (χ0v) is 19.1. The highest BCUT2D eigenvalue weighted by atomic mass is 79.9. The van der Waals surface area contributed by atoms with E-state index in [1.807, 2.05) is 24.3 Å². The van der Waals surface area contributed by atoms with Crippen LogP contribution < -0.4 is 10.6 Å². The van der Waals surface area contributed by atoms with E-state index in [0.717, 1.165) is 54.6 Å². The lowest BCUT2D eigenvalue weighted by atomic mass is 9.87. The molecule has 162 valence electrons. The van der Waals surface area contributed by atoms with Gasteiger partial charge in [-0.3, -0.25) is 9.59 Å². The van der Waals surface area contributed by atoms with Crippen molar-refractivity contribution in [1.82, 2.24) is 10.2 Å². The second-order valence-corrected chi connectivity index (χ2v) is 10.0. The number of benzene rings is 2. The summed E-state index contributed by atoms with van der Waals surface area (Å²) >= 11 is 3.57. The predicted octanol–water partition coefficient (Wildman–Crippen LogP) is 3.94. The average Bonchev–Trinajstić information content (AvgIpc) is 3.51. The third kappa shape index (κ3) is 4.55. The van der Waals surface area contributed by atoms with Crippen LogP contribution in [0.5, 0.6) is 0 Å². The Kier molecular flexibility index (Phi) is 5.85. The Bertz CT molecular complexity index is 990. The van der Waals surface area contributed by atoms with Gasteiger partial charge in [-0.05, 0) is 73.5 Å². The van der Waals surface area contributed by atoms with Crippen LogP contribution >= 0.6 is 15.9 Å². The Hall–Kier alpha value is -2.18. The minimum atomic E-state index is -0.372. The molecule has 0 aromatic heterocycles. The maximum Gasteiger partial charge on any atom is 0.230 e. The lowest BCUT2D eigenvalue weighted by molar-refractivity contribution is -0.136. The largest absolute Gasteiger partial charge is 0.339 e. The number of hydrogen-bond acceptors (Lipinski definition) is 3. The summed E-state index contributed by atoms with van der Waals surface area (Å²) in [5.41, 5.74) is 3.06. The van der Waals surface area contributed by atoms with Gasteiger partial charge in [0.1, 0.15) is 0 Å². The number of rotatable bonds is 6. The highest BCUT2D eigenvalue weighted by Gasteiger charge is 2.41. The molecule has 0 bridgehead atoms. The molecular weight excluding hydrogens is 454 g/mol. The standard InChI is InChI=1S/C25H28BrN3O2/c26-19-5-3-4-16(11-19)10-17-13-27-14-18(17)15-29(20-8-9-20)25(31)22-12-24(30)28-23-7-2-1-6-21(22)23/h1-7,11,17-18,20,22,27H,8-10,12-15H2,(H,28,30)/t17-,18-,22+/m0/s1. The summed E-state index contributed by atoms with van der Waals surface area (Å²) < 4.78 is 1.11. The van der Waals surface area contributed by atoms with Gasteiger partial charge in [0.2, 0.25) is 11.8 Å². The molecule has 0 spiro atoms. The van der Waals surface area contributed by atoms with E-state index >= 15 is 0 Å². The molecule has 31 heavy (non-hydrogen) atoms. The summed E-state index contributed by atoms with van der Waals surface area (Å²) in [7, 11) is 0. The lowest BCUT2D eigenvalue weighted by Gasteiger charge is -2.33. The molecule has 0 radical (unpaired) electrons. The number of nitrogens with zero attached hydrogens (tertiary/aromatic N) is 1. The molecule has 2 amide bonds. The summed E-state index contributed by atoms with van der Waals surface area (Å²) in [5.74, 6) is 0.616. The number of hydrogen-bond donors (Lipinski definition) is 2. The van der Waals surface area contributed by atoms with Crippen molar-refractivity contribution in [2.45, 2.75) is 37.6 Å². The van der Waals surface area contributed by atoms with Gasteiger partial charge in [0.15, 0.2) is 0 Å². The maximum absolute atomic E-state index is 13.7. The number of amides is 2. The fraction of sp³-hybridized carbons (Fsp3) is 0.440. The number of anilines is 1. The van der Waals surface area contributed by atoms with Gasteiger partial charge in [-0.25, -0.2) is 0 Å². The van der Waals surface area contributed by atoms with Crippen molar-refractivity contribution in [2.75, 3.05) is 25.0 Å². The Balaban J connectivity index is 1.33. The van der Waals surface area contributed by atoms with Crippen molar-refractivity contribution >= 4 is 33.4 Å². The topological polar surface area (TPSA) is 61.4 Å². The zero-order valence-electron chi connectivity index (χ0n) is 17.5. The average molecular weight is 482 g/mol. The van der Waals surface area contributed by atoms with Gasteiger partial charge in [-0.2, -0.15) is 0 Å². The SMILES string of the molecule is O=C1C[C@@H](C(=O)N(C[C@@H]2CNC[C@@H]2Cc2cccc(Br)c2)C2CC2)c2ccccc2N1. The minimum absolute atomic E-state index is 0.0668. The highest BCUT2D eigenvalue weighted by Crippen LogP contribution is 2.38. The van der Waals surface area contributed by atoms with Crippen LogP contribution in [0.1, 0.15) is 36.3 Å². The van der Waals surface area contributed by atoms with Gasteiger partial charge in [-0.1, -0.05) is 46.3 Å². The van der Waals surface area contributed by atoms with Crippen molar-refractivity contribution in [3.05, 3.63) is 64.1 Å². The number of carbonyl (C=O) groups excluding carboxylic acids is 2. The van der Waals surface area contributed by atoms with Crippen molar-refractivity contribution in [2.24, 2.45) is 11.8 Å². The van der Waals surface area contributed by atoms with Crippen LogP contribution in [0.4, 0.5) is 5.69 Å². The van der Waals surface area contributed by atoms with E-state index in [-0.39, 0.29) is 24.2 Å². The summed E-state index contributed by atoms with van der Waals surface area (Å²) in [4.78, 5) is 28.1. The van der Waals surface area contributed by atoms with E-state index in [1.54, 1.807) is 0 Å². The smallest absolute Gasteiger partial charge is 0.230 e. The molecule has 2 heterocycles. The predicted molar refractivity (Wildman–Crippen MR) is 125 cm³/mol. The summed E-state index contributed by atoms with van der Waals surface area (Å²) in [6.45, 7) is 2.70. The van der Waals surface area contributed by atoms with Crippen molar-refractivity contribution < 1.29 is 9.59 Å². The number of carbonyl (C=O) groups is 2. The molecule has 1 aliphatic carbocycles. The third-order valence-corrected chi connectivity index (χ3v) is 7.36. The molecule has 2 aromatic carbocycles. The molecule has 3 atom stereocenters. The van der Waals surface area contributed by atoms with Gasteiger partial charge in [-0.15, -0.1) is 0 Å². The first-order valence-corrected chi connectivity index (χ1v) is 12.0.